The van der Waals surface area contributed by atoms with Crippen molar-refractivity contribution >= 4 is 27.7 Å². The Balaban J connectivity index is 1.91. The minimum absolute atomic E-state index is 0.619. The summed E-state index contributed by atoms with van der Waals surface area (Å²) >= 11 is 5.01. The van der Waals surface area contributed by atoms with Crippen LogP contribution < -0.4 is 4.74 Å². The van der Waals surface area contributed by atoms with Crippen LogP contribution in [-0.4, -0.2) is 31.1 Å². The van der Waals surface area contributed by atoms with E-state index in [1.54, 1.807) is 11.8 Å². The van der Waals surface area contributed by atoms with Crippen molar-refractivity contribution in [3.05, 3.63) is 16.7 Å². The highest BCUT2D eigenvalue weighted by atomic mass is 79.9. The Hall–Kier alpha value is -0.260. The Morgan fingerprint density at radius 1 is 1.47 bits per heavy atom. The third-order valence-electron chi connectivity index (χ3n) is 2.78. The molecule has 94 valence electrons. The molecule has 3 nitrogen and oxygen atoms in total. The minimum atomic E-state index is 0.619. The standard InChI is InChI=1S/C12H16BrNO2S/c1-17-12-7-10(6-11(13)14-12)16-8-9-2-4-15-5-3-9/h6-7,9H,2-5,8H2,1H3. The van der Waals surface area contributed by atoms with Crippen molar-refractivity contribution in [3.63, 3.8) is 0 Å². The van der Waals surface area contributed by atoms with Crippen LogP contribution in [0.1, 0.15) is 12.8 Å². The summed E-state index contributed by atoms with van der Waals surface area (Å²) in [5.41, 5.74) is 0. The van der Waals surface area contributed by atoms with Gasteiger partial charge in [-0.15, -0.1) is 11.8 Å². The molecule has 1 aromatic heterocycles. The van der Waals surface area contributed by atoms with Crippen LogP contribution in [0.2, 0.25) is 0 Å². The van der Waals surface area contributed by atoms with Gasteiger partial charge >= 0.3 is 0 Å². The maximum absolute atomic E-state index is 5.83. The van der Waals surface area contributed by atoms with Gasteiger partial charge in [-0.3, -0.25) is 0 Å². The summed E-state index contributed by atoms with van der Waals surface area (Å²) in [5, 5.41) is 0.973. The van der Waals surface area contributed by atoms with Crippen molar-refractivity contribution in [2.45, 2.75) is 17.9 Å². The molecule has 0 atom stereocenters. The van der Waals surface area contributed by atoms with E-state index < -0.39 is 0 Å². The van der Waals surface area contributed by atoms with Crippen LogP contribution in [0.4, 0.5) is 0 Å². The second kappa shape index (κ2) is 6.61. The predicted octanol–water partition coefficient (Wildman–Crippen LogP) is 3.37. The molecule has 1 aliphatic heterocycles. The monoisotopic (exact) mass is 317 g/mol. The van der Waals surface area contributed by atoms with Gasteiger partial charge in [0.2, 0.25) is 0 Å². The Labute approximate surface area is 114 Å². The number of thioether (sulfide) groups is 1. The first-order chi connectivity index (χ1) is 8.28. The summed E-state index contributed by atoms with van der Waals surface area (Å²) in [6.45, 7) is 2.50. The van der Waals surface area contributed by atoms with E-state index in [9.17, 15) is 0 Å². The normalized spacial score (nSPS) is 17.1. The smallest absolute Gasteiger partial charge is 0.124 e. The molecule has 1 saturated heterocycles. The highest BCUT2D eigenvalue weighted by molar-refractivity contribution is 9.10. The maximum atomic E-state index is 5.83. The number of rotatable bonds is 4. The zero-order valence-electron chi connectivity index (χ0n) is 9.82. The van der Waals surface area contributed by atoms with Gasteiger partial charge < -0.3 is 9.47 Å². The number of pyridine rings is 1. The number of hydrogen-bond donors (Lipinski definition) is 0. The van der Waals surface area contributed by atoms with Gasteiger partial charge in [-0.25, -0.2) is 4.98 Å². The van der Waals surface area contributed by atoms with E-state index in [1.165, 1.54) is 0 Å². The molecule has 0 spiro atoms. The Kier molecular flexibility index (Phi) is 5.13. The summed E-state index contributed by atoms with van der Waals surface area (Å²) in [6, 6.07) is 3.90. The zero-order valence-corrected chi connectivity index (χ0v) is 12.2. The Bertz CT molecular complexity index is 370. The molecule has 0 radical (unpaired) electrons. The summed E-state index contributed by atoms with van der Waals surface area (Å²) in [4.78, 5) is 4.33. The molecule has 0 aromatic carbocycles. The third kappa shape index (κ3) is 4.16. The second-order valence-corrected chi connectivity index (χ2v) is 5.67. The first-order valence-corrected chi connectivity index (χ1v) is 7.72. The number of nitrogens with zero attached hydrogens (tertiary/aromatic N) is 1. The number of aromatic nitrogens is 1. The lowest BCUT2D eigenvalue weighted by atomic mass is 10.0. The lowest BCUT2D eigenvalue weighted by molar-refractivity contribution is 0.0497. The van der Waals surface area contributed by atoms with E-state index in [-0.39, 0.29) is 0 Å². The van der Waals surface area contributed by atoms with Gasteiger partial charge in [0, 0.05) is 25.3 Å². The molecule has 0 bridgehead atoms. The molecule has 1 aromatic rings. The molecule has 0 amide bonds. The van der Waals surface area contributed by atoms with E-state index in [0.717, 1.165) is 48.0 Å². The summed E-state index contributed by atoms with van der Waals surface area (Å²) in [7, 11) is 0. The molecular weight excluding hydrogens is 302 g/mol. The van der Waals surface area contributed by atoms with Crippen molar-refractivity contribution < 1.29 is 9.47 Å². The lowest BCUT2D eigenvalue weighted by Crippen LogP contribution is -2.21. The number of ether oxygens (including phenoxy) is 2. The van der Waals surface area contributed by atoms with Gasteiger partial charge in [0.05, 0.1) is 6.61 Å². The van der Waals surface area contributed by atoms with Crippen LogP contribution in [0.25, 0.3) is 0 Å². The van der Waals surface area contributed by atoms with Gasteiger partial charge in [-0.1, -0.05) is 0 Å². The van der Waals surface area contributed by atoms with Crippen LogP contribution in [-0.2, 0) is 4.74 Å². The maximum Gasteiger partial charge on any atom is 0.124 e. The average molecular weight is 318 g/mol. The molecule has 1 aliphatic rings. The van der Waals surface area contributed by atoms with E-state index >= 15 is 0 Å². The van der Waals surface area contributed by atoms with Crippen LogP contribution in [0.15, 0.2) is 21.8 Å². The van der Waals surface area contributed by atoms with E-state index in [4.69, 9.17) is 9.47 Å². The predicted molar refractivity (Wildman–Crippen MR) is 72.8 cm³/mol. The zero-order chi connectivity index (χ0) is 12.1. The van der Waals surface area contributed by atoms with Crippen LogP contribution >= 0.6 is 27.7 Å². The van der Waals surface area contributed by atoms with Crippen molar-refractivity contribution in [1.29, 1.82) is 0 Å². The molecule has 1 fully saturated rings. The first-order valence-electron chi connectivity index (χ1n) is 5.70. The lowest BCUT2D eigenvalue weighted by Gasteiger charge is -2.22. The summed E-state index contributed by atoms with van der Waals surface area (Å²) in [5.74, 6) is 1.51. The van der Waals surface area contributed by atoms with Gasteiger partial charge in [-0.2, -0.15) is 0 Å². The summed E-state index contributed by atoms with van der Waals surface area (Å²) in [6.07, 6.45) is 4.21. The molecule has 17 heavy (non-hydrogen) atoms. The molecule has 0 N–H and O–H groups in total. The molecule has 2 rings (SSSR count). The SMILES string of the molecule is CSc1cc(OCC2CCOCC2)cc(Br)n1. The fourth-order valence-corrected chi connectivity index (χ4v) is 2.72. The van der Waals surface area contributed by atoms with Crippen molar-refractivity contribution in [1.82, 2.24) is 4.98 Å². The van der Waals surface area contributed by atoms with Crippen molar-refractivity contribution in [2.24, 2.45) is 5.92 Å². The fraction of sp³-hybridized carbons (Fsp3) is 0.583. The molecule has 2 heterocycles. The van der Waals surface area contributed by atoms with Gasteiger partial charge in [-0.05, 0) is 40.9 Å². The number of halogens is 1. The highest BCUT2D eigenvalue weighted by Crippen LogP contribution is 2.24. The average Bonchev–Trinajstić information content (AvgIpc) is 2.37. The third-order valence-corrected chi connectivity index (χ3v) is 3.81. The van der Waals surface area contributed by atoms with Crippen LogP contribution in [0.3, 0.4) is 0 Å². The van der Waals surface area contributed by atoms with Crippen LogP contribution in [0, 0.1) is 5.92 Å². The molecule has 5 heteroatoms. The quantitative estimate of drug-likeness (QED) is 0.629. The minimum Gasteiger partial charge on any atom is -0.493 e. The van der Waals surface area contributed by atoms with Gasteiger partial charge in [0.25, 0.3) is 0 Å². The molecule has 0 saturated carbocycles. The largest absolute Gasteiger partial charge is 0.493 e. The first kappa shape index (κ1) is 13.2. The Morgan fingerprint density at radius 2 is 2.24 bits per heavy atom. The van der Waals surface area contributed by atoms with E-state index in [2.05, 4.69) is 20.9 Å². The van der Waals surface area contributed by atoms with E-state index in [0.29, 0.717) is 5.92 Å². The number of hydrogen-bond acceptors (Lipinski definition) is 4. The molecular formula is C12H16BrNO2S. The molecule has 0 unspecified atom stereocenters. The van der Waals surface area contributed by atoms with Gasteiger partial charge in [0.15, 0.2) is 0 Å². The highest BCUT2D eigenvalue weighted by Gasteiger charge is 2.14. The summed E-state index contributed by atoms with van der Waals surface area (Å²) < 4.78 is 12.0. The van der Waals surface area contributed by atoms with E-state index in [1.807, 2.05) is 18.4 Å². The topological polar surface area (TPSA) is 31.4 Å². The van der Waals surface area contributed by atoms with Gasteiger partial charge in [0.1, 0.15) is 15.4 Å². The second-order valence-electron chi connectivity index (χ2n) is 4.03. The van der Waals surface area contributed by atoms with Crippen molar-refractivity contribution in [3.8, 4) is 5.75 Å². The van der Waals surface area contributed by atoms with Crippen LogP contribution in [0.5, 0.6) is 5.75 Å². The van der Waals surface area contributed by atoms with Crippen molar-refractivity contribution in [2.75, 3.05) is 26.1 Å². The molecule has 0 aliphatic carbocycles. The Morgan fingerprint density at radius 3 is 2.94 bits per heavy atom. The fourth-order valence-electron chi connectivity index (χ4n) is 1.77.